The SMILES string of the molecule is CN(C(=O)OC(C)(C)C)c1cccc(N)c1.CN(C(=O)OC(C)(C)C)c1cccc(Nc2ccc(F)cc2[N+](=O)[O-])c1.O=[N+]([O-])c1cc(F)ccc1F. The zero-order valence-corrected chi connectivity index (χ0v) is 30.3. The number of anilines is 5. The van der Waals surface area contributed by atoms with Gasteiger partial charge >= 0.3 is 17.9 Å². The summed E-state index contributed by atoms with van der Waals surface area (Å²) >= 11 is 0. The zero-order chi connectivity index (χ0) is 40.3. The van der Waals surface area contributed by atoms with Gasteiger partial charge in [0.2, 0.25) is 5.82 Å². The quantitative estimate of drug-likeness (QED) is 0.110. The second-order valence-electron chi connectivity index (χ2n) is 13.1. The highest BCUT2D eigenvalue weighted by molar-refractivity contribution is 5.89. The van der Waals surface area contributed by atoms with Crippen molar-refractivity contribution >= 4 is 52.0 Å². The Morgan fingerprint density at radius 1 is 0.679 bits per heavy atom. The molecule has 0 radical (unpaired) electrons. The molecule has 2 amide bonds. The van der Waals surface area contributed by atoms with E-state index in [1.165, 1.54) is 15.9 Å². The number of nitro benzene ring substituents is 2. The molecule has 0 aromatic heterocycles. The van der Waals surface area contributed by atoms with Crippen LogP contribution < -0.4 is 20.9 Å². The first-order chi connectivity index (χ1) is 24.5. The van der Waals surface area contributed by atoms with E-state index in [4.69, 9.17) is 15.2 Å². The summed E-state index contributed by atoms with van der Waals surface area (Å²) in [7, 11) is 3.22. The second-order valence-corrected chi connectivity index (χ2v) is 13.1. The molecule has 14 nitrogen and oxygen atoms in total. The topological polar surface area (TPSA) is 183 Å². The van der Waals surface area contributed by atoms with Crippen LogP contribution >= 0.6 is 0 Å². The van der Waals surface area contributed by atoms with Crippen molar-refractivity contribution in [3.8, 4) is 0 Å². The number of hydrogen-bond donors (Lipinski definition) is 2. The maximum atomic E-state index is 13.3. The Kier molecular flexibility index (Phi) is 14.7. The van der Waals surface area contributed by atoms with Crippen molar-refractivity contribution in [1.29, 1.82) is 0 Å². The van der Waals surface area contributed by atoms with E-state index in [1.54, 1.807) is 83.4 Å². The Morgan fingerprint density at radius 3 is 1.58 bits per heavy atom. The predicted octanol–water partition coefficient (Wildman–Crippen LogP) is 9.36. The van der Waals surface area contributed by atoms with Crippen LogP contribution in [0.5, 0.6) is 0 Å². The lowest BCUT2D eigenvalue weighted by atomic mass is 10.2. The monoisotopic (exact) mass is 742 g/mol. The standard InChI is InChI=1S/C18H20FN3O4.C12H18N2O2.C6H3F2NO2/c1-18(2,3)26-17(23)21(4)14-7-5-6-13(11-14)20-15-9-8-12(19)10-16(15)22(24)25;1-12(2,3)16-11(15)14(4)10-7-5-6-9(13)8-10;7-4-1-2-5(8)6(3-4)9(10)11/h5-11,20H,1-4H3;5-8H,13H2,1-4H3;1-3H. The van der Waals surface area contributed by atoms with Gasteiger partial charge in [0.1, 0.15) is 28.5 Å². The summed E-state index contributed by atoms with van der Waals surface area (Å²) in [6.07, 6.45) is -0.916. The number of hydrogen-bond acceptors (Lipinski definition) is 10. The molecule has 0 atom stereocenters. The van der Waals surface area contributed by atoms with Gasteiger partial charge in [-0.25, -0.2) is 18.4 Å². The summed E-state index contributed by atoms with van der Waals surface area (Å²) in [5, 5.41) is 23.9. The van der Waals surface area contributed by atoms with E-state index in [9.17, 15) is 43.0 Å². The molecule has 0 heterocycles. The number of nitrogen functional groups attached to an aromatic ring is 1. The van der Waals surface area contributed by atoms with Crippen LogP contribution in [-0.4, -0.2) is 47.3 Å². The van der Waals surface area contributed by atoms with E-state index in [0.717, 1.165) is 18.2 Å². The lowest BCUT2D eigenvalue weighted by molar-refractivity contribution is -0.387. The molecule has 0 saturated carbocycles. The first-order valence-electron chi connectivity index (χ1n) is 15.7. The molecule has 0 aliphatic carbocycles. The number of halogens is 3. The van der Waals surface area contributed by atoms with Gasteiger partial charge in [0.05, 0.1) is 22.0 Å². The van der Waals surface area contributed by atoms with E-state index in [-0.39, 0.29) is 11.4 Å². The third-order valence-corrected chi connectivity index (χ3v) is 6.37. The smallest absolute Gasteiger partial charge is 0.414 e. The summed E-state index contributed by atoms with van der Waals surface area (Å²) in [6, 6.07) is 19.1. The lowest BCUT2D eigenvalue weighted by Gasteiger charge is -2.25. The summed E-state index contributed by atoms with van der Waals surface area (Å²) in [5.41, 5.74) is 5.83. The maximum Gasteiger partial charge on any atom is 0.414 e. The lowest BCUT2D eigenvalue weighted by Crippen LogP contribution is -2.34. The molecular weight excluding hydrogens is 701 g/mol. The number of ether oxygens (including phenoxy) is 2. The number of carbonyl (C=O) groups excluding carboxylic acids is 2. The van der Waals surface area contributed by atoms with Crippen LogP contribution in [0.15, 0.2) is 84.9 Å². The van der Waals surface area contributed by atoms with Crippen LogP contribution in [-0.2, 0) is 9.47 Å². The van der Waals surface area contributed by atoms with Gasteiger partial charge in [0.15, 0.2) is 0 Å². The molecule has 0 aliphatic rings. The van der Waals surface area contributed by atoms with Crippen molar-refractivity contribution < 1.29 is 42.1 Å². The minimum absolute atomic E-state index is 0.147. The van der Waals surface area contributed by atoms with Crippen LogP contribution in [0.2, 0.25) is 0 Å². The molecule has 0 spiro atoms. The van der Waals surface area contributed by atoms with Crippen molar-refractivity contribution in [3.63, 3.8) is 0 Å². The van der Waals surface area contributed by atoms with Gasteiger partial charge in [-0.1, -0.05) is 12.1 Å². The van der Waals surface area contributed by atoms with Crippen molar-refractivity contribution in [2.75, 3.05) is 34.9 Å². The Bertz CT molecular complexity index is 1930. The predicted molar refractivity (Wildman–Crippen MR) is 196 cm³/mol. The maximum absolute atomic E-state index is 13.3. The van der Waals surface area contributed by atoms with Gasteiger partial charge in [0.25, 0.3) is 5.69 Å². The summed E-state index contributed by atoms with van der Waals surface area (Å²) in [5.74, 6) is -2.55. The number of nitrogens with two attached hydrogens (primary N) is 1. The van der Waals surface area contributed by atoms with E-state index in [0.29, 0.717) is 34.9 Å². The van der Waals surface area contributed by atoms with E-state index in [2.05, 4.69) is 5.32 Å². The van der Waals surface area contributed by atoms with Gasteiger partial charge in [-0.3, -0.25) is 30.0 Å². The molecule has 0 unspecified atom stereocenters. The van der Waals surface area contributed by atoms with Gasteiger partial charge < -0.3 is 20.5 Å². The Labute approximate surface area is 304 Å². The molecule has 0 saturated heterocycles. The fourth-order valence-corrected chi connectivity index (χ4v) is 3.94. The summed E-state index contributed by atoms with van der Waals surface area (Å²) < 4.78 is 48.4. The molecule has 0 fully saturated rings. The average Bonchev–Trinajstić information content (AvgIpc) is 3.05. The van der Waals surface area contributed by atoms with E-state index < -0.39 is 56.4 Å². The fraction of sp³-hybridized carbons (Fsp3) is 0.278. The molecular formula is C36H41F3N6O8. The second kappa shape index (κ2) is 18.2. The minimum atomic E-state index is -1.03. The van der Waals surface area contributed by atoms with Crippen molar-refractivity contribution in [2.45, 2.75) is 52.7 Å². The summed E-state index contributed by atoms with van der Waals surface area (Å²) in [4.78, 5) is 46.1. The first-order valence-corrected chi connectivity index (χ1v) is 15.7. The van der Waals surface area contributed by atoms with E-state index >= 15 is 0 Å². The van der Waals surface area contributed by atoms with Crippen molar-refractivity contribution in [3.05, 3.63) is 123 Å². The normalized spacial score (nSPS) is 10.7. The molecule has 4 rings (SSSR count). The van der Waals surface area contributed by atoms with Crippen LogP contribution in [0, 0.1) is 37.7 Å². The van der Waals surface area contributed by atoms with Gasteiger partial charge in [-0.15, -0.1) is 0 Å². The third-order valence-electron chi connectivity index (χ3n) is 6.37. The Morgan fingerprint density at radius 2 is 1.13 bits per heavy atom. The molecule has 3 N–H and O–H groups in total. The number of nitrogens with one attached hydrogen (secondary N) is 1. The van der Waals surface area contributed by atoms with Gasteiger partial charge in [0, 0.05) is 36.8 Å². The Hall–Kier alpha value is -6.39. The van der Waals surface area contributed by atoms with Gasteiger partial charge in [-0.2, -0.15) is 4.39 Å². The molecule has 0 aliphatic heterocycles. The highest BCUT2D eigenvalue weighted by Crippen LogP contribution is 2.30. The number of benzene rings is 4. The number of rotatable bonds is 6. The molecule has 4 aromatic carbocycles. The first kappa shape index (κ1) is 42.8. The highest BCUT2D eigenvalue weighted by Gasteiger charge is 2.22. The van der Waals surface area contributed by atoms with Crippen LogP contribution in [0.4, 0.5) is 62.6 Å². The average molecular weight is 743 g/mol. The van der Waals surface area contributed by atoms with Crippen LogP contribution in [0.3, 0.4) is 0 Å². The van der Waals surface area contributed by atoms with E-state index in [1.807, 2.05) is 20.8 Å². The number of nitrogens with zero attached hydrogens (tertiary/aromatic N) is 4. The van der Waals surface area contributed by atoms with Gasteiger partial charge in [-0.05, 0) is 102 Å². The molecule has 0 bridgehead atoms. The molecule has 17 heteroatoms. The van der Waals surface area contributed by atoms with Crippen LogP contribution in [0.1, 0.15) is 41.5 Å². The minimum Gasteiger partial charge on any atom is -0.443 e. The fourth-order valence-electron chi connectivity index (χ4n) is 3.94. The molecule has 4 aromatic rings. The van der Waals surface area contributed by atoms with Crippen molar-refractivity contribution in [2.24, 2.45) is 0 Å². The third kappa shape index (κ3) is 14.4. The zero-order valence-electron chi connectivity index (χ0n) is 30.3. The number of carbonyl (C=O) groups is 2. The molecule has 53 heavy (non-hydrogen) atoms. The highest BCUT2D eigenvalue weighted by atomic mass is 19.1. The van der Waals surface area contributed by atoms with Crippen molar-refractivity contribution in [1.82, 2.24) is 0 Å². The number of amides is 2. The largest absolute Gasteiger partial charge is 0.443 e. The number of nitro groups is 2. The Balaban J connectivity index is 0.000000305. The van der Waals surface area contributed by atoms with Crippen LogP contribution in [0.25, 0.3) is 0 Å². The summed E-state index contributed by atoms with van der Waals surface area (Å²) in [6.45, 7) is 10.8. The molecule has 284 valence electrons.